The Kier molecular flexibility index (Phi) is 5.18. The van der Waals surface area contributed by atoms with Crippen LogP contribution in [0.25, 0.3) is 10.9 Å². The molecule has 0 spiro atoms. The number of esters is 1. The molecule has 2 aliphatic heterocycles. The van der Waals surface area contributed by atoms with Gasteiger partial charge in [-0.25, -0.2) is 9.18 Å². The van der Waals surface area contributed by atoms with Gasteiger partial charge in [-0.2, -0.15) is 0 Å². The predicted molar refractivity (Wildman–Crippen MR) is 111 cm³/mol. The molecule has 1 unspecified atom stereocenters. The molecule has 0 bridgehead atoms. The van der Waals surface area contributed by atoms with Gasteiger partial charge in [-0.3, -0.25) is 14.9 Å². The first-order valence-corrected chi connectivity index (χ1v) is 10.5. The van der Waals surface area contributed by atoms with E-state index in [0.29, 0.717) is 31.2 Å². The molecule has 1 fully saturated rings. The number of likely N-dealkylation sites (N-methyl/N-ethyl adjacent to an activating group) is 1. The molecule has 0 saturated carbocycles. The Morgan fingerprint density at radius 1 is 1.37 bits per heavy atom. The number of piperazine rings is 1. The number of nitro groups is 1. The molecule has 2 aromatic rings. The van der Waals surface area contributed by atoms with Crippen molar-refractivity contribution >= 4 is 40.0 Å². The van der Waals surface area contributed by atoms with Crippen molar-refractivity contribution in [3.63, 3.8) is 0 Å². The van der Waals surface area contributed by atoms with E-state index in [2.05, 4.69) is 4.90 Å². The zero-order valence-corrected chi connectivity index (χ0v) is 17.6. The van der Waals surface area contributed by atoms with E-state index in [0.717, 1.165) is 6.07 Å². The van der Waals surface area contributed by atoms with Gasteiger partial charge >= 0.3 is 11.7 Å². The number of rotatable bonds is 4. The number of hydrogen-bond acceptors (Lipinski definition) is 8. The smallest absolute Gasteiger partial charge is 0.344 e. The first kappa shape index (κ1) is 20.6. The molecule has 1 aromatic carbocycles. The molecule has 0 N–H and O–H groups in total. The zero-order valence-electron chi connectivity index (χ0n) is 16.8. The van der Waals surface area contributed by atoms with Gasteiger partial charge in [0.05, 0.1) is 27.3 Å². The maximum atomic E-state index is 15.2. The molecule has 4 rings (SSSR count). The Labute approximate surface area is 175 Å². The Morgan fingerprint density at radius 3 is 2.60 bits per heavy atom. The number of aromatic nitrogens is 1. The number of thioether (sulfide) groups is 1. The number of carbonyl (C=O) groups is 1. The average Bonchev–Trinajstić information content (AvgIpc) is 2.68. The molecule has 9 nitrogen and oxygen atoms in total. The molecule has 0 amide bonds. The maximum absolute atomic E-state index is 15.2. The first-order valence-electron chi connectivity index (χ1n) is 9.62. The minimum absolute atomic E-state index is 0.0506. The second kappa shape index (κ2) is 7.55. The largest absolute Gasteiger partial charge is 0.462 e. The summed E-state index contributed by atoms with van der Waals surface area (Å²) in [6.45, 7) is 5.64. The third kappa shape index (κ3) is 3.03. The average molecular weight is 436 g/mol. The maximum Gasteiger partial charge on any atom is 0.344 e. The van der Waals surface area contributed by atoms with Gasteiger partial charge < -0.3 is 19.1 Å². The normalized spacial score (nSPS) is 18.8. The fraction of sp³-hybridized carbons (Fsp3) is 0.474. The minimum Gasteiger partial charge on any atom is -0.462 e. The van der Waals surface area contributed by atoms with E-state index in [4.69, 9.17) is 4.74 Å². The highest BCUT2D eigenvalue weighted by Crippen LogP contribution is 2.50. The van der Waals surface area contributed by atoms with Gasteiger partial charge in [0, 0.05) is 26.2 Å². The summed E-state index contributed by atoms with van der Waals surface area (Å²) in [5.41, 5.74) is -1.44. The highest BCUT2D eigenvalue weighted by Gasteiger charge is 2.39. The number of halogens is 1. The number of hydrogen-bond donors (Lipinski definition) is 0. The molecule has 1 aromatic heterocycles. The molecule has 2 aliphatic rings. The standard InChI is InChI=1S/C19H21FN4O5S/c1-4-29-19(26)13-17(25)11-9-12(20)15(22-7-5-21(3)6-8-22)16(24(27)28)14(11)23-10(2)30-18(13)23/h9-10H,4-8H2,1-3H3. The predicted octanol–water partition coefficient (Wildman–Crippen LogP) is 2.60. The lowest BCUT2D eigenvalue weighted by molar-refractivity contribution is -0.382. The number of pyridine rings is 1. The van der Waals surface area contributed by atoms with Crippen molar-refractivity contribution in [1.29, 1.82) is 0 Å². The van der Waals surface area contributed by atoms with E-state index in [1.54, 1.807) is 23.3 Å². The number of nitro benzene ring substituents is 1. The Balaban J connectivity index is 2.05. The Hall–Kier alpha value is -2.66. The molecule has 160 valence electrons. The molecular weight excluding hydrogens is 415 g/mol. The molecule has 1 atom stereocenters. The second-order valence-corrected chi connectivity index (χ2v) is 8.62. The summed E-state index contributed by atoms with van der Waals surface area (Å²) < 4.78 is 21.8. The van der Waals surface area contributed by atoms with Gasteiger partial charge in [0.2, 0.25) is 5.43 Å². The van der Waals surface area contributed by atoms with Crippen molar-refractivity contribution in [2.45, 2.75) is 24.2 Å². The van der Waals surface area contributed by atoms with Gasteiger partial charge in [-0.15, -0.1) is 0 Å². The van der Waals surface area contributed by atoms with Crippen molar-refractivity contribution in [3.05, 3.63) is 37.8 Å². The van der Waals surface area contributed by atoms with Gasteiger partial charge in [0.25, 0.3) is 0 Å². The number of anilines is 1. The van der Waals surface area contributed by atoms with Crippen molar-refractivity contribution in [3.8, 4) is 0 Å². The van der Waals surface area contributed by atoms with Gasteiger partial charge in [0.15, 0.2) is 11.5 Å². The van der Waals surface area contributed by atoms with E-state index < -0.39 is 27.8 Å². The lowest BCUT2D eigenvalue weighted by atomic mass is 10.1. The number of carbonyl (C=O) groups excluding carboxylic acids is 1. The van der Waals surface area contributed by atoms with Crippen molar-refractivity contribution in [1.82, 2.24) is 9.47 Å². The molecule has 1 saturated heterocycles. The number of ether oxygens (including phenoxy) is 1. The van der Waals surface area contributed by atoms with Crippen LogP contribution < -0.4 is 10.3 Å². The lowest BCUT2D eigenvalue weighted by Crippen LogP contribution is -2.45. The third-order valence-electron chi connectivity index (χ3n) is 5.47. The van der Waals surface area contributed by atoms with Crippen LogP contribution in [0.1, 0.15) is 29.6 Å². The number of nitrogens with zero attached hydrogens (tertiary/aromatic N) is 4. The van der Waals surface area contributed by atoms with E-state index in [9.17, 15) is 19.7 Å². The van der Waals surface area contributed by atoms with Crippen LogP contribution in [0.15, 0.2) is 15.9 Å². The summed E-state index contributed by atoms with van der Waals surface area (Å²) in [6.07, 6.45) is 0. The van der Waals surface area contributed by atoms with Crippen molar-refractivity contribution in [2.24, 2.45) is 0 Å². The summed E-state index contributed by atoms with van der Waals surface area (Å²) in [5.74, 6) is -1.65. The second-order valence-electron chi connectivity index (χ2n) is 7.32. The highest BCUT2D eigenvalue weighted by molar-refractivity contribution is 8.00. The summed E-state index contributed by atoms with van der Waals surface area (Å²) >= 11 is 1.26. The van der Waals surface area contributed by atoms with Crippen LogP contribution in [-0.2, 0) is 4.74 Å². The van der Waals surface area contributed by atoms with Crippen LogP contribution >= 0.6 is 11.8 Å². The monoisotopic (exact) mass is 436 g/mol. The number of fused-ring (bicyclic) bond motifs is 3. The molecular formula is C19H21FN4O5S. The van der Waals surface area contributed by atoms with Crippen molar-refractivity contribution < 1.29 is 18.8 Å². The molecule has 3 heterocycles. The fourth-order valence-corrected chi connectivity index (χ4v) is 5.14. The Morgan fingerprint density at radius 2 is 2.03 bits per heavy atom. The molecule has 11 heteroatoms. The SMILES string of the molecule is CCOC(=O)c1c2n(c3c([N+](=O)[O-])c(N4CCN(C)CC4)c(F)cc3c1=O)C(C)S2. The van der Waals surface area contributed by atoms with Crippen molar-refractivity contribution in [2.75, 3.05) is 44.7 Å². The number of benzene rings is 1. The van der Waals surface area contributed by atoms with Crippen LogP contribution in [0.5, 0.6) is 0 Å². The molecule has 30 heavy (non-hydrogen) atoms. The van der Waals surface area contributed by atoms with Gasteiger partial charge in [-0.05, 0) is 27.0 Å². The summed E-state index contributed by atoms with van der Waals surface area (Å²) in [7, 11) is 1.93. The molecule has 0 aliphatic carbocycles. The lowest BCUT2D eigenvalue weighted by Gasteiger charge is -2.35. The summed E-state index contributed by atoms with van der Waals surface area (Å²) in [6, 6.07) is 1.02. The van der Waals surface area contributed by atoms with Crippen LogP contribution in [-0.4, -0.2) is 60.2 Å². The van der Waals surface area contributed by atoms with E-state index >= 15 is 4.39 Å². The van der Waals surface area contributed by atoms with Crippen LogP contribution in [0.3, 0.4) is 0 Å². The fourth-order valence-electron chi connectivity index (χ4n) is 4.00. The molecule has 0 radical (unpaired) electrons. The van der Waals surface area contributed by atoms with E-state index in [1.165, 1.54) is 11.8 Å². The van der Waals surface area contributed by atoms with Gasteiger partial charge in [-0.1, -0.05) is 11.8 Å². The zero-order chi connectivity index (χ0) is 21.7. The van der Waals surface area contributed by atoms with Gasteiger partial charge in [0.1, 0.15) is 11.1 Å². The van der Waals surface area contributed by atoms with E-state index in [-0.39, 0.29) is 34.1 Å². The van der Waals surface area contributed by atoms with E-state index in [1.807, 2.05) is 7.05 Å². The third-order valence-corrected chi connectivity index (χ3v) is 6.65. The quantitative estimate of drug-likeness (QED) is 0.410. The highest BCUT2D eigenvalue weighted by atomic mass is 32.2. The van der Waals surface area contributed by atoms with Crippen LogP contribution in [0.4, 0.5) is 15.8 Å². The Bertz CT molecular complexity index is 1130. The summed E-state index contributed by atoms with van der Waals surface area (Å²) in [5, 5.41) is 12.0. The topological polar surface area (TPSA) is 97.9 Å². The van der Waals surface area contributed by atoms with Crippen LogP contribution in [0.2, 0.25) is 0 Å². The van der Waals surface area contributed by atoms with Crippen LogP contribution in [0, 0.1) is 15.9 Å². The minimum atomic E-state index is -0.842. The summed E-state index contributed by atoms with van der Waals surface area (Å²) in [4.78, 5) is 40.6. The first-order chi connectivity index (χ1) is 14.3.